The molecule has 0 saturated carbocycles. The number of ether oxygens (including phenoxy) is 2. The molecule has 2 aromatic carbocycles. The number of methoxy groups -OCH3 is 2. The van der Waals surface area contributed by atoms with E-state index >= 15 is 0 Å². The summed E-state index contributed by atoms with van der Waals surface area (Å²) in [5.41, 5.74) is 4.33. The molecule has 144 valence electrons. The molecule has 1 aliphatic heterocycles. The van der Waals surface area contributed by atoms with E-state index in [2.05, 4.69) is 47.5 Å². The number of nitrogens with zero attached hydrogens (tertiary/aromatic N) is 1. The highest BCUT2D eigenvalue weighted by molar-refractivity contribution is 6.04. The summed E-state index contributed by atoms with van der Waals surface area (Å²) in [5, 5.41) is 0. The lowest BCUT2D eigenvalue weighted by molar-refractivity contribution is 0.0959. The Hall–Kier alpha value is -3.01. The standard InChI is InChI=1S/C24H25NO3/c1-27-22-14-19-13-20(24(26)21(19)15-23(22)28-2)12-17-8-10-25(11-9-17)16-18-6-4-3-5-7-18/h3-8,10,12,14-15,20H,9,11,13,16H2,1-2H3/b17-12+. The van der Waals surface area contributed by atoms with Crippen LogP contribution in [-0.2, 0) is 13.0 Å². The number of benzene rings is 2. The van der Waals surface area contributed by atoms with Crippen molar-refractivity contribution in [2.24, 2.45) is 5.92 Å². The van der Waals surface area contributed by atoms with Crippen molar-refractivity contribution in [1.82, 2.24) is 4.90 Å². The highest BCUT2D eigenvalue weighted by atomic mass is 16.5. The van der Waals surface area contributed by atoms with Crippen LogP contribution < -0.4 is 9.47 Å². The molecule has 4 nitrogen and oxygen atoms in total. The SMILES string of the molecule is COc1cc2c(cc1OC)C(=O)C(/C=C1\C=CN(Cc3ccccc3)CC1)C2. The van der Waals surface area contributed by atoms with E-state index < -0.39 is 0 Å². The lowest BCUT2D eigenvalue weighted by atomic mass is 9.98. The molecular formula is C24H25NO3. The summed E-state index contributed by atoms with van der Waals surface area (Å²) in [6.45, 7) is 1.88. The number of ketones is 1. The third-order valence-corrected chi connectivity index (χ3v) is 5.48. The number of Topliss-reactive ketones (excluding diaryl/α,β-unsaturated/α-hetero) is 1. The van der Waals surface area contributed by atoms with E-state index in [1.165, 1.54) is 11.1 Å². The minimum Gasteiger partial charge on any atom is -0.493 e. The van der Waals surface area contributed by atoms with Crippen molar-refractivity contribution >= 4 is 5.78 Å². The van der Waals surface area contributed by atoms with Crippen LogP contribution >= 0.6 is 0 Å². The van der Waals surface area contributed by atoms with Crippen LogP contribution in [-0.4, -0.2) is 31.4 Å². The topological polar surface area (TPSA) is 38.8 Å². The Bertz CT molecular complexity index is 930. The van der Waals surface area contributed by atoms with Gasteiger partial charge in [-0.05, 0) is 54.0 Å². The Balaban J connectivity index is 1.46. The molecule has 1 unspecified atom stereocenters. The van der Waals surface area contributed by atoms with Crippen molar-refractivity contribution in [1.29, 1.82) is 0 Å². The molecule has 0 saturated heterocycles. The zero-order chi connectivity index (χ0) is 19.5. The molecular weight excluding hydrogens is 350 g/mol. The van der Waals surface area contributed by atoms with Crippen molar-refractivity contribution in [3.63, 3.8) is 0 Å². The number of hydrogen-bond donors (Lipinski definition) is 0. The molecule has 1 atom stereocenters. The summed E-state index contributed by atoms with van der Waals surface area (Å²) < 4.78 is 10.7. The number of allylic oxidation sites excluding steroid dienone is 2. The van der Waals surface area contributed by atoms with Gasteiger partial charge in [-0.1, -0.05) is 36.4 Å². The van der Waals surface area contributed by atoms with Crippen LogP contribution in [0.5, 0.6) is 11.5 Å². The largest absolute Gasteiger partial charge is 0.493 e. The molecule has 0 amide bonds. The smallest absolute Gasteiger partial charge is 0.170 e. The maximum Gasteiger partial charge on any atom is 0.170 e. The van der Waals surface area contributed by atoms with Gasteiger partial charge in [0.05, 0.1) is 14.2 Å². The predicted molar refractivity (Wildman–Crippen MR) is 110 cm³/mol. The van der Waals surface area contributed by atoms with Gasteiger partial charge in [-0.2, -0.15) is 0 Å². The fourth-order valence-electron chi connectivity index (χ4n) is 3.96. The van der Waals surface area contributed by atoms with Gasteiger partial charge in [-0.25, -0.2) is 0 Å². The van der Waals surface area contributed by atoms with Gasteiger partial charge in [-0.3, -0.25) is 4.79 Å². The first-order chi connectivity index (χ1) is 13.7. The fraction of sp³-hybridized carbons (Fsp3) is 0.292. The molecule has 1 aliphatic carbocycles. The Labute approximate surface area is 166 Å². The second kappa shape index (κ2) is 7.93. The molecule has 0 aromatic heterocycles. The Morgan fingerprint density at radius 2 is 1.86 bits per heavy atom. The third-order valence-electron chi connectivity index (χ3n) is 5.48. The second-order valence-corrected chi connectivity index (χ2v) is 7.30. The number of carbonyl (C=O) groups excluding carboxylic acids is 1. The Kier molecular flexibility index (Phi) is 5.20. The Morgan fingerprint density at radius 1 is 1.11 bits per heavy atom. The van der Waals surface area contributed by atoms with Crippen LogP contribution in [0.4, 0.5) is 0 Å². The minimum absolute atomic E-state index is 0.105. The summed E-state index contributed by atoms with van der Waals surface area (Å²) in [7, 11) is 3.21. The fourth-order valence-corrected chi connectivity index (χ4v) is 3.96. The Morgan fingerprint density at radius 3 is 2.54 bits per heavy atom. The van der Waals surface area contributed by atoms with E-state index in [1.807, 2.05) is 18.2 Å². The molecule has 4 rings (SSSR count). The summed E-state index contributed by atoms with van der Waals surface area (Å²) in [5.74, 6) is 1.35. The molecule has 0 spiro atoms. The molecule has 0 N–H and O–H groups in total. The zero-order valence-corrected chi connectivity index (χ0v) is 16.4. The zero-order valence-electron chi connectivity index (χ0n) is 16.4. The molecule has 2 aliphatic rings. The minimum atomic E-state index is -0.105. The third kappa shape index (κ3) is 3.68. The van der Waals surface area contributed by atoms with Crippen LogP contribution in [0.15, 0.2) is 66.4 Å². The lowest BCUT2D eigenvalue weighted by Crippen LogP contribution is -2.21. The number of fused-ring (bicyclic) bond motifs is 1. The van der Waals surface area contributed by atoms with E-state index in [0.717, 1.165) is 37.1 Å². The molecule has 4 heteroatoms. The van der Waals surface area contributed by atoms with Crippen molar-refractivity contribution in [3.8, 4) is 11.5 Å². The van der Waals surface area contributed by atoms with Gasteiger partial charge in [0, 0.05) is 24.6 Å². The highest BCUT2D eigenvalue weighted by Crippen LogP contribution is 2.37. The maximum absolute atomic E-state index is 12.9. The monoisotopic (exact) mass is 375 g/mol. The van der Waals surface area contributed by atoms with E-state index in [4.69, 9.17) is 9.47 Å². The molecule has 1 heterocycles. The quantitative estimate of drug-likeness (QED) is 0.776. The first-order valence-corrected chi connectivity index (χ1v) is 9.64. The van der Waals surface area contributed by atoms with Crippen molar-refractivity contribution in [2.45, 2.75) is 19.4 Å². The number of rotatable bonds is 5. The van der Waals surface area contributed by atoms with Crippen LogP contribution in [0.25, 0.3) is 0 Å². The molecule has 0 radical (unpaired) electrons. The highest BCUT2D eigenvalue weighted by Gasteiger charge is 2.31. The van der Waals surface area contributed by atoms with Crippen molar-refractivity contribution in [3.05, 3.63) is 83.1 Å². The number of carbonyl (C=O) groups is 1. The summed E-state index contributed by atoms with van der Waals surface area (Å²) in [4.78, 5) is 15.2. The summed E-state index contributed by atoms with van der Waals surface area (Å²) in [6.07, 6.45) is 8.10. The van der Waals surface area contributed by atoms with E-state index in [9.17, 15) is 4.79 Å². The van der Waals surface area contributed by atoms with Gasteiger partial charge in [0.1, 0.15) is 0 Å². The van der Waals surface area contributed by atoms with Crippen molar-refractivity contribution < 1.29 is 14.3 Å². The molecule has 0 fully saturated rings. The predicted octanol–water partition coefficient (Wildman–Crippen LogP) is 4.40. The average Bonchev–Trinajstić information content (AvgIpc) is 3.03. The molecule has 2 aromatic rings. The summed E-state index contributed by atoms with van der Waals surface area (Å²) >= 11 is 0. The lowest BCUT2D eigenvalue weighted by Gasteiger charge is -2.25. The van der Waals surface area contributed by atoms with E-state index in [0.29, 0.717) is 11.5 Å². The van der Waals surface area contributed by atoms with Crippen LogP contribution in [0.1, 0.15) is 27.9 Å². The first-order valence-electron chi connectivity index (χ1n) is 9.64. The van der Waals surface area contributed by atoms with Gasteiger partial charge in [0.25, 0.3) is 0 Å². The van der Waals surface area contributed by atoms with Crippen LogP contribution in [0.2, 0.25) is 0 Å². The van der Waals surface area contributed by atoms with Gasteiger partial charge >= 0.3 is 0 Å². The summed E-state index contributed by atoms with van der Waals surface area (Å²) in [6, 6.07) is 14.2. The van der Waals surface area contributed by atoms with Crippen LogP contribution in [0.3, 0.4) is 0 Å². The van der Waals surface area contributed by atoms with Crippen molar-refractivity contribution in [2.75, 3.05) is 20.8 Å². The molecule has 0 bridgehead atoms. The van der Waals surface area contributed by atoms with E-state index in [1.54, 1.807) is 14.2 Å². The molecule has 28 heavy (non-hydrogen) atoms. The average molecular weight is 375 g/mol. The van der Waals surface area contributed by atoms with Gasteiger partial charge in [0.15, 0.2) is 17.3 Å². The second-order valence-electron chi connectivity index (χ2n) is 7.30. The number of hydrogen-bond acceptors (Lipinski definition) is 4. The van der Waals surface area contributed by atoms with Gasteiger partial charge in [0.2, 0.25) is 0 Å². The van der Waals surface area contributed by atoms with E-state index in [-0.39, 0.29) is 11.7 Å². The maximum atomic E-state index is 12.9. The normalized spacial score (nSPS) is 19.8. The van der Waals surface area contributed by atoms with Gasteiger partial charge in [-0.15, -0.1) is 0 Å². The van der Waals surface area contributed by atoms with Gasteiger partial charge < -0.3 is 14.4 Å². The first kappa shape index (κ1) is 18.4. The van der Waals surface area contributed by atoms with Crippen LogP contribution in [0, 0.1) is 5.92 Å².